The zero-order valence-corrected chi connectivity index (χ0v) is 8.60. The summed E-state index contributed by atoms with van der Waals surface area (Å²) in [7, 11) is 2.02. The van der Waals surface area contributed by atoms with Gasteiger partial charge in [0.2, 0.25) is 0 Å². The topological polar surface area (TPSA) is 45.5 Å². The van der Waals surface area contributed by atoms with Gasteiger partial charge >= 0.3 is 5.97 Å². The Balaban J connectivity index is 2.58. The van der Waals surface area contributed by atoms with Gasteiger partial charge in [0.25, 0.3) is 0 Å². The molecule has 1 heterocycles. The van der Waals surface area contributed by atoms with Gasteiger partial charge in [0.15, 0.2) is 0 Å². The van der Waals surface area contributed by atoms with Crippen molar-refractivity contribution in [3.05, 3.63) is 24.0 Å². The number of hydrogen-bond acceptors (Lipinski definition) is 2. The Morgan fingerprint density at radius 1 is 1.64 bits per heavy atom. The molecule has 0 fully saturated rings. The molecule has 0 aliphatic heterocycles. The van der Waals surface area contributed by atoms with Crippen LogP contribution in [0.1, 0.15) is 17.4 Å². The van der Waals surface area contributed by atoms with E-state index >= 15 is 0 Å². The average molecular weight is 196 g/mol. The second kappa shape index (κ2) is 4.81. The van der Waals surface area contributed by atoms with Crippen molar-refractivity contribution >= 4 is 5.97 Å². The molecule has 4 heteroatoms. The number of carboxylic acid groups (broad SMARTS) is 1. The summed E-state index contributed by atoms with van der Waals surface area (Å²) in [5.41, 5.74) is 0.356. The van der Waals surface area contributed by atoms with Crippen LogP contribution < -0.4 is 0 Å². The molecular formula is C10H16N2O2. The third kappa shape index (κ3) is 2.60. The van der Waals surface area contributed by atoms with Gasteiger partial charge in [-0.25, -0.2) is 4.79 Å². The Hall–Kier alpha value is -1.29. The van der Waals surface area contributed by atoms with Crippen molar-refractivity contribution in [3.8, 4) is 0 Å². The van der Waals surface area contributed by atoms with Gasteiger partial charge in [-0.1, -0.05) is 6.92 Å². The third-order valence-corrected chi connectivity index (χ3v) is 2.31. The van der Waals surface area contributed by atoms with E-state index in [1.54, 1.807) is 22.9 Å². The first-order chi connectivity index (χ1) is 6.65. The van der Waals surface area contributed by atoms with Gasteiger partial charge in [-0.2, -0.15) is 0 Å². The number of likely N-dealkylation sites (N-methyl/N-ethyl adjacent to an activating group) is 1. The highest BCUT2D eigenvalue weighted by molar-refractivity contribution is 5.85. The molecule has 0 aliphatic rings. The van der Waals surface area contributed by atoms with E-state index in [9.17, 15) is 4.79 Å². The fourth-order valence-corrected chi connectivity index (χ4v) is 1.24. The summed E-state index contributed by atoms with van der Waals surface area (Å²) in [6, 6.07) is 3.38. The van der Waals surface area contributed by atoms with Crippen LogP contribution in [0, 0.1) is 0 Å². The number of aromatic nitrogens is 1. The van der Waals surface area contributed by atoms with Gasteiger partial charge in [0.05, 0.1) is 0 Å². The minimum atomic E-state index is -0.867. The highest BCUT2D eigenvalue weighted by Crippen LogP contribution is 2.02. The number of aromatic carboxylic acids is 1. The van der Waals surface area contributed by atoms with Gasteiger partial charge in [-0.15, -0.1) is 0 Å². The van der Waals surface area contributed by atoms with Crippen LogP contribution in [0.25, 0.3) is 0 Å². The Morgan fingerprint density at radius 2 is 2.36 bits per heavy atom. The summed E-state index contributed by atoms with van der Waals surface area (Å²) in [4.78, 5) is 12.9. The molecule has 4 nitrogen and oxygen atoms in total. The predicted octanol–water partition coefficient (Wildman–Crippen LogP) is 1.14. The van der Waals surface area contributed by atoms with E-state index in [2.05, 4.69) is 11.8 Å². The van der Waals surface area contributed by atoms with Gasteiger partial charge in [-0.3, -0.25) is 0 Å². The maximum Gasteiger partial charge on any atom is 0.352 e. The molecule has 0 spiro atoms. The van der Waals surface area contributed by atoms with Crippen LogP contribution in [0.2, 0.25) is 0 Å². The molecule has 14 heavy (non-hydrogen) atoms. The number of nitrogens with zero attached hydrogens (tertiary/aromatic N) is 2. The summed E-state index contributed by atoms with van der Waals surface area (Å²) < 4.78 is 1.76. The summed E-state index contributed by atoms with van der Waals surface area (Å²) in [6.07, 6.45) is 1.80. The van der Waals surface area contributed by atoms with E-state index in [-0.39, 0.29) is 0 Å². The molecule has 0 atom stereocenters. The third-order valence-electron chi connectivity index (χ3n) is 2.31. The summed E-state index contributed by atoms with van der Waals surface area (Å²) in [6.45, 7) is 4.64. The number of carboxylic acids is 1. The molecule has 1 rings (SSSR count). The van der Waals surface area contributed by atoms with Crippen LogP contribution >= 0.6 is 0 Å². The van der Waals surface area contributed by atoms with Crippen LogP contribution in [0.15, 0.2) is 18.3 Å². The molecular weight excluding hydrogens is 180 g/mol. The van der Waals surface area contributed by atoms with Gasteiger partial charge in [0, 0.05) is 19.3 Å². The number of rotatable bonds is 5. The van der Waals surface area contributed by atoms with Gasteiger partial charge < -0.3 is 14.6 Å². The molecule has 0 saturated carbocycles. The maximum absolute atomic E-state index is 10.8. The molecule has 1 aromatic heterocycles. The lowest BCUT2D eigenvalue weighted by atomic mass is 10.4. The zero-order chi connectivity index (χ0) is 10.6. The molecule has 0 radical (unpaired) electrons. The van der Waals surface area contributed by atoms with Crippen LogP contribution in [-0.2, 0) is 6.54 Å². The van der Waals surface area contributed by atoms with Crippen LogP contribution in [0.3, 0.4) is 0 Å². The van der Waals surface area contributed by atoms with E-state index in [0.29, 0.717) is 5.69 Å². The highest BCUT2D eigenvalue weighted by atomic mass is 16.4. The lowest BCUT2D eigenvalue weighted by Crippen LogP contribution is -2.23. The number of hydrogen-bond donors (Lipinski definition) is 1. The Labute approximate surface area is 83.8 Å². The second-order valence-corrected chi connectivity index (χ2v) is 3.29. The first kappa shape index (κ1) is 10.8. The molecule has 1 N–H and O–H groups in total. The van der Waals surface area contributed by atoms with Gasteiger partial charge in [-0.05, 0) is 25.7 Å². The summed E-state index contributed by atoms with van der Waals surface area (Å²) in [5.74, 6) is -0.867. The molecule has 0 unspecified atom stereocenters. The molecule has 0 aromatic carbocycles. The normalized spacial score (nSPS) is 10.8. The average Bonchev–Trinajstić information content (AvgIpc) is 2.62. The smallest absolute Gasteiger partial charge is 0.352 e. The fraction of sp³-hybridized carbons (Fsp3) is 0.500. The maximum atomic E-state index is 10.8. The lowest BCUT2D eigenvalue weighted by molar-refractivity contribution is 0.0684. The van der Waals surface area contributed by atoms with E-state index in [1.807, 2.05) is 7.05 Å². The van der Waals surface area contributed by atoms with Crippen LogP contribution in [-0.4, -0.2) is 40.7 Å². The predicted molar refractivity (Wildman–Crippen MR) is 54.6 cm³/mol. The standard InChI is InChI=1S/C10H16N2O2/c1-3-11(2)7-8-12-6-4-5-9(12)10(13)14/h4-6H,3,7-8H2,1-2H3,(H,13,14). The second-order valence-electron chi connectivity index (χ2n) is 3.29. The monoisotopic (exact) mass is 196 g/mol. The lowest BCUT2D eigenvalue weighted by Gasteiger charge is -2.14. The first-order valence-electron chi connectivity index (χ1n) is 4.72. The minimum Gasteiger partial charge on any atom is -0.477 e. The van der Waals surface area contributed by atoms with E-state index in [0.717, 1.165) is 19.6 Å². The molecule has 0 amide bonds. The number of carbonyl (C=O) groups is 1. The summed E-state index contributed by atoms with van der Waals surface area (Å²) >= 11 is 0. The van der Waals surface area contributed by atoms with E-state index < -0.39 is 5.97 Å². The van der Waals surface area contributed by atoms with E-state index in [1.165, 1.54) is 0 Å². The van der Waals surface area contributed by atoms with Crippen molar-refractivity contribution in [1.82, 2.24) is 9.47 Å². The molecule has 0 bridgehead atoms. The van der Waals surface area contributed by atoms with Crippen molar-refractivity contribution in [2.24, 2.45) is 0 Å². The SMILES string of the molecule is CCN(C)CCn1cccc1C(=O)O. The van der Waals surface area contributed by atoms with Crippen molar-refractivity contribution in [3.63, 3.8) is 0 Å². The van der Waals surface area contributed by atoms with Crippen molar-refractivity contribution in [2.75, 3.05) is 20.1 Å². The van der Waals surface area contributed by atoms with Crippen molar-refractivity contribution in [2.45, 2.75) is 13.5 Å². The van der Waals surface area contributed by atoms with Crippen molar-refractivity contribution in [1.29, 1.82) is 0 Å². The van der Waals surface area contributed by atoms with Gasteiger partial charge in [0.1, 0.15) is 5.69 Å². The Kier molecular flexibility index (Phi) is 3.71. The van der Waals surface area contributed by atoms with Crippen LogP contribution in [0.5, 0.6) is 0 Å². The Morgan fingerprint density at radius 3 is 2.93 bits per heavy atom. The largest absolute Gasteiger partial charge is 0.477 e. The molecule has 0 aliphatic carbocycles. The summed E-state index contributed by atoms with van der Waals surface area (Å²) in [5, 5.41) is 8.84. The fourth-order valence-electron chi connectivity index (χ4n) is 1.24. The molecule has 0 saturated heterocycles. The van der Waals surface area contributed by atoms with Crippen LogP contribution in [0.4, 0.5) is 0 Å². The van der Waals surface area contributed by atoms with E-state index in [4.69, 9.17) is 5.11 Å². The first-order valence-corrected chi connectivity index (χ1v) is 4.72. The molecule has 78 valence electrons. The molecule has 1 aromatic rings. The van der Waals surface area contributed by atoms with Crippen molar-refractivity contribution < 1.29 is 9.90 Å². The zero-order valence-electron chi connectivity index (χ0n) is 8.60. The highest BCUT2D eigenvalue weighted by Gasteiger charge is 2.08. The Bertz CT molecular complexity index is 307. The minimum absolute atomic E-state index is 0.356. The quantitative estimate of drug-likeness (QED) is 0.768.